The Hall–Kier alpha value is -3.15. The van der Waals surface area contributed by atoms with Gasteiger partial charge in [-0.2, -0.15) is 0 Å². The zero-order valence-corrected chi connectivity index (χ0v) is 16.0. The van der Waals surface area contributed by atoms with E-state index in [0.717, 1.165) is 11.1 Å². The summed E-state index contributed by atoms with van der Waals surface area (Å²) in [4.78, 5) is 12.1. The molecule has 0 unspecified atom stereocenters. The van der Waals surface area contributed by atoms with Gasteiger partial charge in [0.1, 0.15) is 12.4 Å². The Morgan fingerprint density at radius 3 is 2.56 bits per heavy atom. The summed E-state index contributed by atoms with van der Waals surface area (Å²) in [5, 5.41) is 5.64. The Morgan fingerprint density at radius 2 is 1.85 bits per heavy atom. The van der Waals surface area contributed by atoms with Crippen molar-refractivity contribution in [2.24, 2.45) is 0 Å². The number of rotatable bonds is 9. The molecule has 0 spiro atoms. The van der Waals surface area contributed by atoms with Crippen LogP contribution in [0.5, 0.6) is 17.2 Å². The first kappa shape index (κ1) is 20.2. The summed E-state index contributed by atoms with van der Waals surface area (Å²) < 4.78 is 16.1. The van der Waals surface area contributed by atoms with Crippen LogP contribution in [0.4, 0.5) is 10.5 Å². The van der Waals surface area contributed by atoms with Crippen LogP contribution in [0.2, 0.25) is 0 Å². The first-order valence-corrected chi connectivity index (χ1v) is 8.65. The summed E-state index contributed by atoms with van der Waals surface area (Å²) in [6, 6.07) is 12.7. The Morgan fingerprint density at radius 1 is 1.07 bits per heavy atom. The van der Waals surface area contributed by atoms with Crippen LogP contribution in [-0.4, -0.2) is 33.4 Å². The highest BCUT2D eigenvalue weighted by molar-refractivity contribution is 5.89. The van der Waals surface area contributed by atoms with Gasteiger partial charge in [0.2, 0.25) is 0 Å². The fourth-order valence-corrected chi connectivity index (χ4v) is 2.40. The molecule has 0 fully saturated rings. The van der Waals surface area contributed by atoms with Crippen molar-refractivity contribution in [3.8, 4) is 17.2 Å². The van der Waals surface area contributed by atoms with Gasteiger partial charge in [-0.05, 0) is 48.7 Å². The van der Waals surface area contributed by atoms with Crippen LogP contribution >= 0.6 is 0 Å². The van der Waals surface area contributed by atoms with Gasteiger partial charge in [0, 0.05) is 18.3 Å². The highest BCUT2D eigenvalue weighted by Crippen LogP contribution is 2.27. The summed E-state index contributed by atoms with van der Waals surface area (Å²) in [6.07, 6.45) is 0.676. The van der Waals surface area contributed by atoms with Gasteiger partial charge in [0.25, 0.3) is 0 Å². The molecule has 0 radical (unpaired) electrons. The Balaban J connectivity index is 1.82. The Kier molecular flexibility index (Phi) is 7.55. The minimum atomic E-state index is -0.271. The molecule has 0 aromatic heterocycles. The molecule has 0 bridgehead atoms. The quantitative estimate of drug-likeness (QED) is 0.654. The Labute approximate surface area is 160 Å². The number of urea groups is 1. The molecule has 0 saturated heterocycles. The topological polar surface area (TPSA) is 68.8 Å². The minimum absolute atomic E-state index is 0.271. The number of nitrogens with one attached hydrogen (secondary N) is 2. The number of hydrogen-bond acceptors (Lipinski definition) is 4. The van der Waals surface area contributed by atoms with Gasteiger partial charge in [-0.25, -0.2) is 4.79 Å². The van der Waals surface area contributed by atoms with Gasteiger partial charge in [0.05, 0.1) is 14.2 Å². The molecule has 0 aliphatic rings. The number of carbonyl (C=O) groups is 1. The van der Waals surface area contributed by atoms with Gasteiger partial charge < -0.3 is 24.8 Å². The molecular weight excluding hydrogens is 344 g/mol. The second-order valence-electron chi connectivity index (χ2n) is 6.09. The van der Waals surface area contributed by atoms with E-state index in [2.05, 4.69) is 17.2 Å². The lowest BCUT2D eigenvalue weighted by atomic mass is 10.1. The highest BCUT2D eigenvalue weighted by atomic mass is 16.5. The predicted octanol–water partition coefficient (Wildman–Crippen LogP) is 4.02. The molecule has 2 amide bonds. The number of ether oxygens (including phenoxy) is 3. The van der Waals surface area contributed by atoms with Crippen LogP contribution in [0.15, 0.2) is 54.6 Å². The van der Waals surface area contributed by atoms with E-state index >= 15 is 0 Å². The third-order valence-corrected chi connectivity index (χ3v) is 3.72. The third kappa shape index (κ3) is 6.58. The third-order valence-electron chi connectivity index (χ3n) is 3.72. The predicted molar refractivity (Wildman–Crippen MR) is 107 cm³/mol. The molecule has 6 nitrogen and oxygen atoms in total. The summed E-state index contributed by atoms with van der Waals surface area (Å²) in [5.41, 5.74) is 2.64. The van der Waals surface area contributed by atoms with Gasteiger partial charge >= 0.3 is 6.03 Å². The number of benzene rings is 2. The molecule has 27 heavy (non-hydrogen) atoms. The Bertz CT molecular complexity index is 790. The fraction of sp³-hybridized carbons (Fsp3) is 0.286. The highest BCUT2D eigenvalue weighted by Gasteiger charge is 2.06. The average Bonchev–Trinajstić information content (AvgIpc) is 2.66. The van der Waals surface area contributed by atoms with Crippen LogP contribution in [-0.2, 0) is 6.42 Å². The second-order valence-corrected chi connectivity index (χ2v) is 6.09. The van der Waals surface area contributed by atoms with E-state index in [0.29, 0.717) is 42.5 Å². The van der Waals surface area contributed by atoms with E-state index in [-0.39, 0.29) is 6.03 Å². The van der Waals surface area contributed by atoms with Crippen molar-refractivity contribution in [1.82, 2.24) is 5.32 Å². The normalized spacial score (nSPS) is 10.0. The molecule has 6 heteroatoms. The van der Waals surface area contributed by atoms with E-state index in [1.165, 1.54) is 0 Å². The summed E-state index contributed by atoms with van der Waals surface area (Å²) in [7, 11) is 3.20. The number of carbonyl (C=O) groups excluding carboxylic acids is 1. The molecule has 0 saturated carbocycles. The molecule has 2 aromatic carbocycles. The molecular formula is C21H26N2O4. The monoisotopic (exact) mass is 370 g/mol. The lowest BCUT2D eigenvalue weighted by Crippen LogP contribution is -2.30. The smallest absolute Gasteiger partial charge is 0.319 e. The lowest BCUT2D eigenvalue weighted by Gasteiger charge is -2.11. The number of hydrogen-bond donors (Lipinski definition) is 2. The zero-order valence-electron chi connectivity index (χ0n) is 16.0. The van der Waals surface area contributed by atoms with Crippen molar-refractivity contribution in [1.29, 1.82) is 0 Å². The standard InChI is InChI=1S/C21H26N2O4/c1-15(2)14-27-18-7-5-6-17(13-18)23-21(24)22-11-10-16-8-9-19(25-3)20(12-16)26-4/h5-9,12-13H,1,10-11,14H2,2-4H3,(H2,22,23,24). The van der Waals surface area contributed by atoms with Crippen molar-refractivity contribution in [2.75, 3.05) is 32.7 Å². The summed E-state index contributed by atoms with van der Waals surface area (Å²) in [6.45, 7) is 6.64. The SMILES string of the molecule is C=C(C)COc1cccc(NC(=O)NCCc2ccc(OC)c(OC)c2)c1. The minimum Gasteiger partial charge on any atom is -0.493 e. The van der Waals surface area contributed by atoms with E-state index in [1.54, 1.807) is 20.3 Å². The first-order valence-electron chi connectivity index (χ1n) is 8.65. The number of methoxy groups -OCH3 is 2. The van der Waals surface area contributed by atoms with E-state index in [4.69, 9.17) is 14.2 Å². The maximum Gasteiger partial charge on any atom is 0.319 e. The van der Waals surface area contributed by atoms with Crippen LogP contribution in [0.25, 0.3) is 0 Å². The van der Waals surface area contributed by atoms with Gasteiger partial charge in [-0.3, -0.25) is 0 Å². The first-order chi connectivity index (χ1) is 13.0. The summed E-state index contributed by atoms with van der Waals surface area (Å²) in [5.74, 6) is 2.04. The van der Waals surface area contributed by atoms with Crippen molar-refractivity contribution in [2.45, 2.75) is 13.3 Å². The molecule has 2 aromatic rings. The maximum atomic E-state index is 12.1. The van der Waals surface area contributed by atoms with E-state index < -0.39 is 0 Å². The van der Waals surface area contributed by atoms with Crippen molar-refractivity contribution < 1.29 is 19.0 Å². The lowest BCUT2D eigenvalue weighted by molar-refractivity contribution is 0.252. The number of anilines is 1. The molecule has 2 rings (SSSR count). The van der Waals surface area contributed by atoms with Crippen LogP contribution < -0.4 is 24.8 Å². The molecule has 2 N–H and O–H groups in total. The fourth-order valence-electron chi connectivity index (χ4n) is 2.40. The van der Waals surface area contributed by atoms with Crippen LogP contribution in [0.1, 0.15) is 12.5 Å². The number of amides is 2. The van der Waals surface area contributed by atoms with Crippen molar-refractivity contribution in [3.63, 3.8) is 0 Å². The maximum absolute atomic E-state index is 12.1. The van der Waals surface area contributed by atoms with E-state index in [1.807, 2.05) is 43.3 Å². The molecule has 0 atom stereocenters. The summed E-state index contributed by atoms with van der Waals surface area (Å²) >= 11 is 0. The van der Waals surface area contributed by atoms with Crippen molar-refractivity contribution >= 4 is 11.7 Å². The van der Waals surface area contributed by atoms with Crippen molar-refractivity contribution in [3.05, 3.63) is 60.2 Å². The molecule has 0 aliphatic heterocycles. The van der Waals surface area contributed by atoms with Crippen LogP contribution in [0.3, 0.4) is 0 Å². The molecule has 0 aliphatic carbocycles. The van der Waals surface area contributed by atoms with E-state index in [9.17, 15) is 4.79 Å². The zero-order chi connectivity index (χ0) is 19.6. The van der Waals surface area contributed by atoms with Gasteiger partial charge in [0.15, 0.2) is 11.5 Å². The molecule has 0 heterocycles. The van der Waals surface area contributed by atoms with Crippen LogP contribution in [0, 0.1) is 0 Å². The second kappa shape index (κ2) is 10.1. The van der Waals surface area contributed by atoms with Gasteiger partial charge in [-0.15, -0.1) is 0 Å². The average molecular weight is 370 g/mol. The van der Waals surface area contributed by atoms with Gasteiger partial charge in [-0.1, -0.05) is 18.7 Å². The molecule has 144 valence electrons. The largest absolute Gasteiger partial charge is 0.493 e.